The SMILES string of the molecule is C[n+]1cccc2c3c(ccc21)[nH]c(=O)c(=O)n3CS(=O)(=O)O. The van der Waals surface area contributed by atoms with Gasteiger partial charge in [-0.15, -0.1) is 0 Å². The number of hydrogen-bond acceptors (Lipinski definition) is 4. The third-order valence-electron chi connectivity index (χ3n) is 3.40. The van der Waals surface area contributed by atoms with E-state index in [-0.39, 0.29) is 5.52 Å². The second-order valence-electron chi connectivity index (χ2n) is 4.91. The van der Waals surface area contributed by atoms with E-state index in [0.29, 0.717) is 10.9 Å². The van der Waals surface area contributed by atoms with Gasteiger partial charge in [0.1, 0.15) is 7.05 Å². The second kappa shape index (κ2) is 4.75. The highest BCUT2D eigenvalue weighted by Gasteiger charge is 2.18. The molecular weight excluding hydrogens is 310 g/mol. The average Bonchev–Trinajstić information content (AvgIpc) is 2.42. The Morgan fingerprint density at radius 1 is 1.27 bits per heavy atom. The molecule has 3 rings (SSSR count). The van der Waals surface area contributed by atoms with Gasteiger partial charge in [0.15, 0.2) is 12.1 Å². The molecule has 0 saturated carbocycles. The van der Waals surface area contributed by atoms with E-state index in [1.165, 1.54) is 0 Å². The van der Waals surface area contributed by atoms with Gasteiger partial charge < -0.3 is 4.98 Å². The Morgan fingerprint density at radius 2 is 2.00 bits per heavy atom. The van der Waals surface area contributed by atoms with Crippen LogP contribution in [0.1, 0.15) is 0 Å². The van der Waals surface area contributed by atoms with Crippen molar-refractivity contribution in [1.29, 1.82) is 0 Å². The molecule has 0 saturated heterocycles. The van der Waals surface area contributed by atoms with Crippen LogP contribution in [-0.4, -0.2) is 22.5 Å². The molecule has 0 fully saturated rings. The number of aromatic amines is 1. The molecule has 1 aromatic carbocycles. The van der Waals surface area contributed by atoms with Crippen molar-refractivity contribution < 1.29 is 17.5 Å². The molecule has 2 aromatic heterocycles. The van der Waals surface area contributed by atoms with Gasteiger partial charge >= 0.3 is 11.1 Å². The van der Waals surface area contributed by atoms with E-state index in [9.17, 15) is 18.0 Å². The van der Waals surface area contributed by atoms with Crippen LogP contribution in [0, 0.1) is 0 Å². The van der Waals surface area contributed by atoms with Crippen molar-refractivity contribution in [1.82, 2.24) is 9.55 Å². The summed E-state index contributed by atoms with van der Waals surface area (Å²) >= 11 is 0. The molecule has 0 unspecified atom stereocenters. The molecule has 9 heteroatoms. The number of aryl methyl sites for hydroxylation is 1. The van der Waals surface area contributed by atoms with Crippen molar-refractivity contribution in [2.24, 2.45) is 7.05 Å². The van der Waals surface area contributed by atoms with Gasteiger partial charge in [-0.3, -0.25) is 18.7 Å². The summed E-state index contributed by atoms with van der Waals surface area (Å²) < 4.78 is 34.0. The lowest BCUT2D eigenvalue weighted by Gasteiger charge is -2.09. The largest absolute Gasteiger partial charge is 0.317 e. The fourth-order valence-corrected chi connectivity index (χ4v) is 3.07. The van der Waals surface area contributed by atoms with E-state index >= 15 is 0 Å². The van der Waals surface area contributed by atoms with Gasteiger partial charge in [-0.05, 0) is 12.1 Å². The van der Waals surface area contributed by atoms with E-state index in [1.54, 1.807) is 42.1 Å². The van der Waals surface area contributed by atoms with E-state index in [0.717, 1.165) is 10.1 Å². The van der Waals surface area contributed by atoms with Crippen LogP contribution in [0.2, 0.25) is 0 Å². The zero-order chi connectivity index (χ0) is 16.1. The van der Waals surface area contributed by atoms with Crippen LogP contribution in [0.4, 0.5) is 0 Å². The van der Waals surface area contributed by atoms with Crippen molar-refractivity contribution >= 4 is 32.1 Å². The summed E-state index contributed by atoms with van der Waals surface area (Å²) in [7, 11) is -2.69. The molecule has 0 amide bonds. The van der Waals surface area contributed by atoms with E-state index < -0.39 is 27.1 Å². The normalized spacial score (nSPS) is 12.1. The van der Waals surface area contributed by atoms with E-state index in [2.05, 4.69) is 4.98 Å². The summed E-state index contributed by atoms with van der Waals surface area (Å²) in [5.74, 6) is -0.982. The van der Waals surface area contributed by atoms with Gasteiger partial charge in [-0.25, -0.2) is 4.57 Å². The van der Waals surface area contributed by atoms with Crippen LogP contribution in [0.25, 0.3) is 21.9 Å². The van der Waals surface area contributed by atoms with Gasteiger partial charge in [-0.1, -0.05) is 0 Å². The van der Waals surface area contributed by atoms with Gasteiger partial charge in [0.05, 0.1) is 16.4 Å². The maximum absolute atomic E-state index is 12.0. The predicted octanol–water partition coefficient (Wildman–Crippen LogP) is -0.487. The highest BCUT2D eigenvalue weighted by atomic mass is 32.2. The van der Waals surface area contributed by atoms with Gasteiger partial charge in [0, 0.05) is 12.1 Å². The Morgan fingerprint density at radius 3 is 2.68 bits per heavy atom. The lowest BCUT2D eigenvalue weighted by molar-refractivity contribution is -0.644. The highest BCUT2D eigenvalue weighted by molar-refractivity contribution is 7.84. The minimum absolute atomic E-state index is 0.246. The summed E-state index contributed by atoms with van der Waals surface area (Å²) in [5.41, 5.74) is -0.687. The summed E-state index contributed by atoms with van der Waals surface area (Å²) in [6.45, 7) is 0. The number of benzene rings is 1. The zero-order valence-corrected chi connectivity index (χ0v) is 12.3. The van der Waals surface area contributed by atoms with E-state index in [1.807, 2.05) is 0 Å². The molecule has 0 bridgehead atoms. The summed E-state index contributed by atoms with van der Waals surface area (Å²) in [6, 6.07) is 6.76. The number of hydrogen-bond donors (Lipinski definition) is 2. The molecule has 3 aromatic rings. The topological polar surface area (TPSA) is 113 Å². The van der Waals surface area contributed by atoms with Crippen LogP contribution in [0.15, 0.2) is 40.1 Å². The van der Waals surface area contributed by atoms with Crippen molar-refractivity contribution in [3.63, 3.8) is 0 Å². The van der Waals surface area contributed by atoms with Crippen LogP contribution >= 0.6 is 0 Å². The quantitative estimate of drug-likeness (QED) is 0.286. The first-order valence-electron chi connectivity index (χ1n) is 6.27. The molecule has 2 heterocycles. The monoisotopic (exact) mass is 322 g/mol. The second-order valence-corrected chi connectivity index (χ2v) is 6.33. The molecule has 0 radical (unpaired) electrons. The number of rotatable bonds is 2. The summed E-state index contributed by atoms with van der Waals surface area (Å²) in [4.78, 5) is 26.1. The Kier molecular flexibility index (Phi) is 3.11. The van der Waals surface area contributed by atoms with Crippen LogP contribution < -0.4 is 15.7 Å². The Labute approximate surface area is 124 Å². The maximum atomic E-state index is 12.0. The minimum Gasteiger partial charge on any atom is -0.316 e. The molecule has 0 aliphatic heterocycles. The molecule has 0 aliphatic rings. The number of nitrogens with zero attached hydrogens (tertiary/aromatic N) is 2. The third-order valence-corrected chi connectivity index (χ3v) is 3.98. The van der Waals surface area contributed by atoms with Gasteiger partial charge in [0.2, 0.25) is 5.52 Å². The van der Waals surface area contributed by atoms with Crippen molar-refractivity contribution in [3.05, 3.63) is 51.2 Å². The fraction of sp³-hybridized carbons (Fsp3) is 0.154. The van der Waals surface area contributed by atoms with Crippen molar-refractivity contribution in [3.8, 4) is 0 Å². The molecule has 22 heavy (non-hydrogen) atoms. The van der Waals surface area contributed by atoms with E-state index in [4.69, 9.17) is 4.55 Å². The summed E-state index contributed by atoms with van der Waals surface area (Å²) in [5, 5.41) is 0.583. The lowest BCUT2D eigenvalue weighted by atomic mass is 10.1. The maximum Gasteiger partial charge on any atom is 0.317 e. The minimum atomic E-state index is -4.48. The molecule has 0 atom stereocenters. The fourth-order valence-electron chi connectivity index (χ4n) is 2.50. The smallest absolute Gasteiger partial charge is 0.316 e. The zero-order valence-electron chi connectivity index (χ0n) is 11.5. The first-order valence-corrected chi connectivity index (χ1v) is 7.88. The molecule has 0 spiro atoms. The molecule has 0 aliphatic carbocycles. The van der Waals surface area contributed by atoms with Crippen molar-refractivity contribution in [2.45, 2.75) is 5.88 Å². The van der Waals surface area contributed by atoms with Crippen LogP contribution in [-0.2, 0) is 23.0 Å². The molecule has 8 nitrogen and oxygen atoms in total. The standard InChI is InChI=1S/C13H11N3O5S/c1-15-6-2-3-8-10(15)5-4-9-11(8)16(7-22(19,20)21)13(18)12(17)14-9/h2-6H,7H2,1H3,(H-,14,17,19,20,21)/p+1. The van der Waals surface area contributed by atoms with Gasteiger partial charge in [-0.2, -0.15) is 8.42 Å². The van der Waals surface area contributed by atoms with Gasteiger partial charge in [0.25, 0.3) is 10.1 Å². The number of pyridine rings is 1. The molecule has 2 N–H and O–H groups in total. The molecular formula is C13H12N3O5S+. The first kappa shape index (κ1) is 14.4. The summed E-state index contributed by atoms with van der Waals surface area (Å²) in [6.07, 6.45) is 1.80. The third kappa shape index (κ3) is 2.30. The Balaban J connectivity index is 2.60. The number of fused-ring (bicyclic) bond motifs is 3. The Bertz CT molecular complexity index is 1130. The van der Waals surface area contributed by atoms with Crippen molar-refractivity contribution in [2.75, 3.05) is 0 Å². The molecule has 114 valence electrons. The number of nitrogens with one attached hydrogen (secondary N) is 1. The Hall–Kier alpha value is -2.52. The predicted molar refractivity (Wildman–Crippen MR) is 79.1 cm³/mol. The highest BCUT2D eigenvalue weighted by Crippen LogP contribution is 2.20. The lowest BCUT2D eigenvalue weighted by Crippen LogP contribution is -2.38. The number of aromatic nitrogens is 3. The number of H-pyrrole nitrogens is 1. The van der Waals surface area contributed by atoms with Crippen LogP contribution in [0.5, 0.6) is 0 Å². The average molecular weight is 322 g/mol. The van der Waals surface area contributed by atoms with Crippen LogP contribution in [0.3, 0.4) is 0 Å². The first-order chi connectivity index (χ1) is 10.3.